The number of methoxy groups -OCH3 is 1. The Hall–Kier alpha value is -1.22. The average Bonchev–Trinajstić information content (AvgIpc) is 2.31. The highest BCUT2D eigenvalue weighted by molar-refractivity contribution is 5.31. The van der Waals surface area contributed by atoms with Crippen molar-refractivity contribution in [2.75, 3.05) is 20.7 Å². The molecule has 1 N–H and O–H groups in total. The number of likely N-dealkylation sites (N-methyl/N-ethyl adjacent to an activating group) is 1. The van der Waals surface area contributed by atoms with Crippen molar-refractivity contribution in [3.63, 3.8) is 0 Å². The van der Waals surface area contributed by atoms with Crippen LogP contribution in [0.3, 0.4) is 0 Å². The molecule has 1 aromatic rings. The van der Waals surface area contributed by atoms with Crippen LogP contribution in [0.15, 0.2) is 24.3 Å². The number of benzene rings is 1. The topological polar surface area (TPSA) is 30.5 Å². The second kappa shape index (κ2) is 7.12. The van der Waals surface area contributed by atoms with Gasteiger partial charge in [-0.2, -0.15) is 0 Å². The number of hydrogen-bond donors (Lipinski definition) is 1. The highest BCUT2D eigenvalue weighted by Crippen LogP contribution is 2.19. The van der Waals surface area contributed by atoms with Gasteiger partial charge in [-0.05, 0) is 37.7 Å². The second-order valence-electron chi connectivity index (χ2n) is 3.76. The number of rotatable bonds is 7. The van der Waals surface area contributed by atoms with Gasteiger partial charge in [-0.1, -0.05) is 13.3 Å². The first kappa shape index (κ1) is 12.8. The van der Waals surface area contributed by atoms with Crippen LogP contribution < -0.4 is 14.8 Å². The smallest absolute Gasteiger partial charge is 0.120 e. The van der Waals surface area contributed by atoms with Crippen LogP contribution in [0.25, 0.3) is 0 Å². The minimum atomic E-state index is 0.239. The second-order valence-corrected chi connectivity index (χ2v) is 3.76. The van der Waals surface area contributed by atoms with Crippen LogP contribution in [-0.2, 0) is 0 Å². The molecule has 1 atom stereocenters. The van der Waals surface area contributed by atoms with E-state index < -0.39 is 0 Å². The molecule has 0 saturated heterocycles. The first-order chi connectivity index (χ1) is 7.80. The molecule has 3 heteroatoms. The van der Waals surface area contributed by atoms with Crippen molar-refractivity contribution >= 4 is 0 Å². The summed E-state index contributed by atoms with van der Waals surface area (Å²) in [5, 5.41) is 3.15. The van der Waals surface area contributed by atoms with Gasteiger partial charge in [0.05, 0.1) is 7.11 Å². The van der Waals surface area contributed by atoms with E-state index in [-0.39, 0.29) is 6.10 Å². The fraction of sp³-hybridized carbons (Fsp3) is 0.538. The molecule has 0 aliphatic heterocycles. The number of ether oxygens (including phenoxy) is 2. The molecule has 0 fully saturated rings. The lowest BCUT2D eigenvalue weighted by atomic mass is 10.2. The molecule has 0 heterocycles. The standard InChI is InChI=1S/C13H21NO2/c1-4-5-13(10-14-2)16-12-8-6-11(15-3)7-9-12/h6-9,13-14H,4-5,10H2,1-3H3. The maximum absolute atomic E-state index is 5.88. The maximum atomic E-state index is 5.88. The fourth-order valence-corrected chi connectivity index (χ4v) is 1.60. The molecule has 0 saturated carbocycles. The zero-order valence-corrected chi connectivity index (χ0v) is 10.3. The highest BCUT2D eigenvalue weighted by Gasteiger charge is 2.08. The Morgan fingerprint density at radius 1 is 1.19 bits per heavy atom. The normalized spacial score (nSPS) is 12.2. The predicted octanol–water partition coefficient (Wildman–Crippen LogP) is 2.46. The molecule has 0 radical (unpaired) electrons. The van der Waals surface area contributed by atoms with E-state index in [1.165, 1.54) is 0 Å². The van der Waals surface area contributed by atoms with E-state index in [0.29, 0.717) is 0 Å². The maximum Gasteiger partial charge on any atom is 0.120 e. The minimum absolute atomic E-state index is 0.239. The Labute approximate surface area is 97.8 Å². The predicted molar refractivity (Wildman–Crippen MR) is 66.2 cm³/mol. The zero-order chi connectivity index (χ0) is 11.8. The SMILES string of the molecule is CCCC(CNC)Oc1ccc(OC)cc1. The lowest BCUT2D eigenvalue weighted by molar-refractivity contribution is 0.189. The van der Waals surface area contributed by atoms with E-state index >= 15 is 0 Å². The van der Waals surface area contributed by atoms with Crippen LogP contribution in [0, 0.1) is 0 Å². The van der Waals surface area contributed by atoms with Gasteiger partial charge in [0.15, 0.2) is 0 Å². The van der Waals surface area contributed by atoms with Crippen molar-refractivity contribution < 1.29 is 9.47 Å². The van der Waals surface area contributed by atoms with Gasteiger partial charge in [-0.15, -0.1) is 0 Å². The summed E-state index contributed by atoms with van der Waals surface area (Å²) in [5.41, 5.74) is 0. The summed E-state index contributed by atoms with van der Waals surface area (Å²) in [4.78, 5) is 0. The fourth-order valence-electron chi connectivity index (χ4n) is 1.60. The molecule has 0 aliphatic rings. The molecule has 0 amide bonds. The van der Waals surface area contributed by atoms with E-state index in [2.05, 4.69) is 12.2 Å². The van der Waals surface area contributed by atoms with Crippen molar-refractivity contribution in [2.24, 2.45) is 0 Å². The third-order valence-corrected chi connectivity index (χ3v) is 2.40. The molecule has 0 bridgehead atoms. The summed E-state index contributed by atoms with van der Waals surface area (Å²) in [5.74, 6) is 1.75. The molecule has 0 aliphatic carbocycles. The largest absolute Gasteiger partial charge is 0.497 e. The summed E-state index contributed by atoms with van der Waals surface area (Å²) in [7, 11) is 3.61. The first-order valence-corrected chi connectivity index (χ1v) is 5.75. The first-order valence-electron chi connectivity index (χ1n) is 5.75. The lowest BCUT2D eigenvalue weighted by Gasteiger charge is -2.18. The Bertz CT molecular complexity index is 278. The highest BCUT2D eigenvalue weighted by atomic mass is 16.5. The van der Waals surface area contributed by atoms with Gasteiger partial charge in [0.2, 0.25) is 0 Å². The van der Waals surface area contributed by atoms with E-state index in [0.717, 1.165) is 30.9 Å². The Morgan fingerprint density at radius 2 is 1.81 bits per heavy atom. The van der Waals surface area contributed by atoms with E-state index in [1.807, 2.05) is 31.3 Å². The Morgan fingerprint density at radius 3 is 2.31 bits per heavy atom. The Kier molecular flexibility index (Phi) is 5.72. The molecule has 0 aromatic heterocycles. The molecular weight excluding hydrogens is 202 g/mol. The van der Waals surface area contributed by atoms with Crippen LogP contribution in [0.5, 0.6) is 11.5 Å². The van der Waals surface area contributed by atoms with Gasteiger partial charge in [0.1, 0.15) is 17.6 Å². The molecule has 3 nitrogen and oxygen atoms in total. The van der Waals surface area contributed by atoms with Gasteiger partial charge < -0.3 is 14.8 Å². The van der Waals surface area contributed by atoms with Crippen LogP contribution >= 0.6 is 0 Å². The van der Waals surface area contributed by atoms with Crippen LogP contribution in [-0.4, -0.2) is 26.8 Å². The van der Waals surface area contributed by atoms with Crippen LogP contribution in [0.2, 0.25) is 0 Å². The Balaban J connectivity index is 2.54. The summed E-state index contributed by atoms with van der Waals surface area (Å²) >= 11 is 0. The average molecular weight is 223 g/mol. The van der Waals surface area contributed by atoms with Crippen molar-refractivity contribution in [1.82, 2.24) is 5.32 Å². The summed E-state index contributed by atoms with van der Waals surface area (Å²) in [6.45, 7) is 3.04. The van der Waals surface area contributed by atoms with Crippen molar-refractivity contribution in [3.8, 4) is 11.5 Å². The lowest BCUT2D eigenvalue weighted by Crippen LogP contribution is -2.28. The third-order valence-electron chi connectivity index (χ3n) is 2.40. The molecule has 90 valence electrons. The quantitative estimate of drug-likeness (QED) is 0.770. The van der Waals surface area contributed by atoms with Gasteiger partial charge in [0, 0.05) is 6.54 Å². The molecule has 16 heavy (non-hydrogen) atoms. The van der Waals surface area contributed by atoms with Crippen molar-refractivity contribution in [2.45, 2.75) is 25.9 Å². The van der Waals surface area contributed by atoms with Crippen molar-refractivity contribution in [3.05, 3.63) is 24.3 Å². The number of hydrogen-bond acceptors (Lipinski definition) is 3. The minimum Gasteiger partial charge on any atom is -0.497 e. The van der Waals surface area contributed by atoms with Gasteiger partial charge in [0.25, 0.3) is 0 Å². The summed E-state index contributed by atoms with van der Waals surface area (Å²) in [6.07, 6.45) is 2.43. The summed E-state index contributed by atoms with van der Waals surface area (Å²) < 4.78 is 11.0. The van der Waals surface area contributed by atoms with Gasteiger partial charge >= 0.3 is 0 Å². The molecule has 1 aromatic carbocycles. The molecule has 1 unspecified atom stereocenters. The van der Waals surface area contributed by atoms with Gasteiger partial charge in [-0.25, -0.2) is 0 Å². The molecule has 1 rings (SSSR count). The van der Waals surface area contributed by atoms with E-state index in [9.17, 15) is 0 Å². The third kappa shape index (κ3) is 4.11. The molecular formula is C13H21NO2. The number of nitrogens with one attached hydrogen (secondary N) is 1. The van der Waals surface area contributed by atoms with Gasteiger partial charge in [-0.3, -0.25) is 0 Å². The van der Waals surface area contributed by atoms with Crippen LogP contribution in [0.1, 0.15) is 19.8 Å². The van der Waals surface area contributed by atoms with Crippen LogP contribution in [0.4, 0.5) is 0 Å². The monoisotopic (exact) mass is 223 g/mol. The van der Waals surface area contributed by atoms with Crippen molar-refractivity contribution in [1.29, 1.82) is 0 Å². The van der Waals surface area contributed by atoms with E-state index in [1.54, 1.807) is 7.11 Å². The zero-order valence-electron chi connectivity index (χ0n) is 10.3. The summed E-state index contributed by atoms with van der Waals surface area (Å²) in [6, 6.07) is 7.71. The van der Waals surface area contributed by atoms with E-state index in [4.69, 9.17) is 9.47 Å². The molecule has 0 spiro atoms.